The molecule has 1 heterocycles. The molecule has 1 unspecified atom stereocenters. The fourth-order valence-electron chi connectivity index (χ4n) is 1.83. The quantitative estimate of drug-likeness (QED) is 0.711. The molecule has 0 aromatic heterocycles. The molecule has 1 atom stereocenters. The maximum Gasteiger partial charge on any atom is 0.214 e. The first-order chi connectivity index (χ1) is 7.93. The van der Waals surface area contributed by atoms with E-state index in [9.17, 15) is 8.42 Å². The van der Waals surface area contributed by atoms with Crippen molar-refractivity contribution in [3.8, 4) is 0 Å². The van der Waals surface area contributed by atoms with Crippen LogP contribution < -0.4 is 5.32 Å². The van der Waals surface area contributed by atoms with Crippen molar-refractivity contribution in [1.82, 2.24) is 9.62 Å². The van der Waals surface area contributed by atoms with Gasteiger partial charge in [-0.3, -0.25) is 0 Å². The highest BCUT2D eigenvalue weighted by Crippen LogP contribution is 2.23. The molecule has 0 amide bonds. The summed E-state index contributed by atoms with van der Waals surface area (Å²) in [5, 5.41) is 3.24. The number of hydrogen-bond acceptors (Lipinski definition) is 4. The van der Waals surface area contributed by atoms with E-state index >= 15 is 0 Å². The van der Waals surface area contributed by atoms with Crippen LogP contribution in [0.3, 0.4) is 0 Å². The largest absolute Gasteiger partial charge is 0.314 e. The molecule has 1 saturated heterocycles. The van der Waals surface area contributed by atoms with E-state index in [-0.39, 0.29) is 11.8 Å². The van der Waals surface area contributed by atoms with Gasteiger partial charge in [0.25, 0.3) is 0 Å². The predicted molar refractivity (Wildman–Crippen MR) is 75.0 cm³/mol. The van der Waals surface area contributed by atoms with Gasteiger partial charge in [0.2, 0.25) is 10.0 Å². The van der Waals surface area contributed by atoms with Crippen molar-refractivity contribution in [2.24, 2.45) is 0 Å². The molecule has 0 radical (unpaired) electrons. The molecule has 1 N–H and O–H groups in total. The minimum Gasteiger partial charge on any atom is -0.314 e. The minimum atomic E-state index is -3.06. The molecule has 102 valence electrons. The van der Waals surface area contributed by atoms with Crippen LogP contribution in [0.2, 0.25) is 0 Å². The Morgan fingerprint density at radius 2 is 2.18 bits per heavy atom. The Morgan fingerprint density at radius 3 is 2.71 bits per heavy atom. The first-order valence-corrected chi connectivity index (χ1v) is 8.96. The van der Waals surface area contributed by atoms with Crippen molar-refractivity contribution >= 4 is 21.8 Å². The van der Waals surface area contributed by atoms with Crippen LogP contribution in [0.4, 0.5) is 0 Å². The zero-order valence-corrected chi connectivity index (χ0v) is 12.6. The first-order valence-electron chi connectivity index (χ1n) is 6.20. The average Bonchev–Trinajstić information content (AvgIpc) is 2.76. The number of sulfonamides is 1. The number of thioether (sulfide) groups is 1. The van der Waals surface area contributed by atoms with Crippen LogP contribution in [0, 0.1) is 0 Å². The summed E-state index contributed by atoms with van der Waals surface area (Å²) in [5.41, 5.74) is 0. The van der Waals surface area contributed by atoms with Crippen LogP contribution in [0.5, 0.6) is 0 Å². The van der Waals surface area contributed by atoms with E-state index in [1.807, 2.05) is 11.8 Å². The summed E-state index contributed by atoms with van der Waals surface area (Å²) in [7, 11) is -1.34. The summed E-state index contributed by atoms with van der Waals surface area (Å²) >= 11 is 1.84. The number of nitrogens with zero attached hydrogens (tertiary/aromatic N) is 1. The highest BCUT2D eigenvalue weighted by Gasteiger charge is 2.28. The van der Waals surface area contributed by atoms with Gasteiger partial charge in [-0.1, -0.05) is 13.8 Å². The topological polar surface area (TPSA) is 49.4 Å². The van der Waals surface area contributed by atoms with Gasteiger partial charge in [-0.15, -0.1) is 0 Å². The molecule has 0 aromatic rings. The molecule has 1 fully saturated rings. The van der Waals surface area contributed by atoms with Gasteiger partial charge in [-0.05, 0) is 25.1 Å². The van der Waals surface area contributed by atoms with E-state index in [2.05, 4.69) is 19.2 Å². The van der Waals surface area contributed by atoms with Crippen molar-refractivity contribution in [3.63, 3.8) is 0 Å². The maximum atomic E-state index is 12.1. The smallest absolute Gasteiger partial charge is 0.214 e. The summed E-state index contributed by atoms with van der Waals surface area (Å²) in [6.45, 7) is 4.90. The zero-order chi connectivity index (χ0) is 12.9. The van der Waals surface area contributed by atoms with Gasteiger partial charge in [0.1, 0.15) is 0 Å². The van der Waals surface area contributed by atoms with E-state index < -0.39 is 10.0 Å². The minimum absolute atomic E-state index is 0.211. The van der Waals surface area contributed by atoms with Crippen LogP contribution in [0.15, 0.2) is 0 Å². The van der Waals surface area contributed by atoms with Crippen molar-refractivity contribution in [3.05, 3.63) is 0 Å². The predicted octanol–water partition coefficient (Wildman–Crippen LogP) is 1.14. The van der Waals surface area contributed by atoms with Crippen LogP contribution in [0.1, 0.15) is 26.7 Å². The van der Waals surface area contributed by atoms with Crippen molar-refractivity contribution in [2.75, 3.05) is 30.9 Å². The molecule has 0 bridgehead atoms. The van der Waals surface area contributed by atoms with Gasteiger partial charge in [-0.2, -0.15) is 11.8 Å². The van der Waals surface area contributed by atoms with E-state index in [4.69, 9.17) is 0 Å². The summed E-state index contributed by atoms with van der Waals surface area (Å²) in [6.07, 6.45) is 1.68. The molecule has 17 heavy (non-hydrogen) atoms. The fraction of sp³-hybridized carbons (Fsp3) is 1.00. The highest BCUT2D eigenvalue weighted by atomic mass is 32.2. The second-order valence-electron chi connectivity index (χ2n) is 4.81. The van der Waals surface area contributed by atoms with Gasteiger partial charge in [0.15, 0.2) is 0 Å². The highest BCUT2D eigenvalue weighted by molar-refractivity contribution is 7.99. The Labute approximate surface area is 110 Å². The van der Waals surface area contributed by atoms with Gasteiger partial charge in [0.05, 0.1) is 5.75 Å². The Kier molecular flexibility index (Phi) is 6.26. The van der Waals surface area contributed by atoms with E-state index in [1.54, 1.807) is 11.4 Å². The van der Waals surface area contributed by atoms with Gasteiger partial charge >= 0.3 is 0 Å². The molecule has 0 aromatic carbocycles. The Bertz CT molecular complexity index is 311. The Morgan fingerprint density at radius 1 is 1.47 bits per heavy atom. The van der Waals surface area contributed by atoms with Gasteiger partial charge in [-0.25, -0.2) is 12.7 Å². The SMILES string of the molecule is CC(C)NCCCS(=O)(=O)N(C)C1CCSC1. The molecule has 0 aliphatic carbocycles. The van der Waals surface area contributed by atoms with Gasteiger partial charge < -0.3 is 5.32 Å². The molecule has 0 saturated carbocycles. The summed E-state index contributed by atoms with van der Waals surface area (Å²) in [4.78, 5) is 0. The van der Waals surface area contributed by atoms with E-state index in [0.717, 1.165) is 24.5 Å². The molecule has 1 aliphatic rings. The van der Waals surface area contributed by atoms with Gasteiger partial charge in [0, 0.05) is 24.9 Å². The average molecular weight is 280 g/mol. The monoisotopic (exact) mass is 280 g/mol. The molecular formula is C11H24N2O2S2. The number of rotatable bonds is 7. The third-order valence-corrected chi connectivity index (χ3v) is 6.12. The lowest BCUT2D eigenvalue weighted by Gasteiger charge is -2.23. The Hall–Kier alpha value is 0.220. The standard InChI is InChI=1S/C11H24N2O2S2/c1-10(2)12-6-4-8-17(14,15)13(3)11-5-7-16-9-11/h10-12H,4-9H2,1-3H3. The second-order valence-corrected chi connectivity index (χ2v) is 8.11. The Balaban J connectivity index is 2.34. The maximum absolute atomic E-state index is 12.1. The number of nitrogens with one attached hydrogen (secondary N) is 1. The molecule has 4 nitrogen and oxygen atoms in total. The molecule has 1 rings (SSSR count). The summed E-state index contributed by atoms with van der Waals surface area (Å²) in [5.74, 6) is 2.28. The normalized spacial score (nSPS) is 21.6. The summed E-state index contributed by atoms with van der Waals surface area (Å²) in [6, 6.07) is 0.629. The zero-order valence-electron chi connectivity index (χ0n) is 11.0. The van der Waals surface area contributed by atoms with Crippen molar-refractivity contribution in [1.29, 1.82) is 0 Å². The lowest BCUT2D eigenvalue weighted by atomic mass is 10.3. The van der Waals surface area contributed by atoms with E-state index in [0.29, 0.717) is 12.5 Å². The first kappa shape index (κ1) is 15.3. The van der Waals surface area contributed by atoms with Crippen molar-refractivity contribution in [2.45, 2.75) is 38.8 Å². The lowest BCUT2D eigenvalue weighted by Crippen LogP contribution is -2.39. The molecular weight excluding hydrogens is 256 g/mol. The molecule has 1 aliphatic heterocycles. The van der Waals surface area contributed by atoms with Crippen molar-refractivity contribution < 1.29 is 8.42 Å². The molecule has 0 spiro atoms. The molecule has 6 heteroatoms. The van der Waals surface area contributed by atoms with Crippen LogP contribution >= 0.6 is 11.8 Å². The van der Waals surface area contributed by atoms with Crippen LogP contribution in [-0.4, -0.2) is 55.7 Å². The lowest BCUT2D eigenvalue weighted by molar-refractivity contribution is 0.393. The number of hydrogen-bond donors (Lipinski definition) is 1. The van der Waals surface area contributed by atoms with Crippen LogP contribution in [0.25, 0.3) is 0 Å². The third kappa shape index (κ3) is 5.16. The summed E-state index contributed by atoms with van der Waals surface area (Å²) < 4.78 is 25.7. The second kappa shape index (κ2) is 6.97. The van der Waals surface area contributed by atoms with E-state index in [1.165, 1.54) is 0 Å². The fourth-order valence-corrected chi connectivity index (χ4v) is 4.62. The van der Waals surface area contributed by atoms with Crippen LogP contribution in [-0.2, 0) is 10.0 Å². The third-order valence-electron chi connectivity index (χ3n) is 2.99.